The van der Waals surface area contributed by atoms with Gasteiger partial charge >= 0.3 is 11.8 Å². The first-order chi connectivity index (χ1) is 10.9. The second-order valence-electron chi connectivity index (χ2n) is 5.06. The molecule has 120 valence electrons. The molecule has 0 fully saturated rings. The molecule has 5 nitrogen and oxygen atoms in total. The number of amides is 2. The Bertz CT molecular complexity index is 759. The van der Waals surface area contributed by atoms with Gasteiger partial charge < -0.3 is 15.4 Å². The first-order valence-electron chi connectivity index (χ1n) is 6.94. The molecule has 0 aromatic heterocycles. The summed E-state index contributed by atoms with van der Waals surface area (Å²) in [6.07, 6.45) is 0. The van der Waals surface area contributed by atoms with Crippen LogP contribution in [0.5, 0.6) is 5.75 Å². The Morgan fingerprint density at radius 2 is 1.48 bits per heavy atom. The fourth-order valence-corrected chi connectivity index (χ4v) is 2.20. The van der Waals surface area contributed by atoms with Crippen LogP contribution >= 0.6 is 11.6 Å². The minimum atomic E-state index is -0.774. The van der Waals surface area contributed by atoms with Crippen LogP contribution in [0.1, 0.15) is 11.1 Å². The molecule has 0 aliphatic carbocycles. The Balaban J connectivity index is 2.03. The summed E-state index contributed by atoms with van der Waals surface area (Å²) in [5.74, 6) is -1.03. The van der Waals surface area contributed by atoms with E-state index in [0.29, 0.717) is 22.1 Å². The third-order valence-corrected chi connectivity index (χ3v) is 3.68. The highest BCUT2D eigenvalue weighted by Crippen LogP contribution is 2.27. The van der Waals surface area contributed by atoms with E-state index >= 15 is 0 Å². The summed E-state index contributed by atoms with van der Waals surface area (Å²) >= 11 is 5.98. The van der Waals surface area contributed by atoms with E-state index in [2.05, 4.69) is 10.6 Å². The first kappa shape index (κ1) is 16.8. The molecule has 2 N–H and O–H groups in total. The van der Waals surface area contributed by atoms with E-state index in [1.165, 1.54) is 13.2 Å². The molecule has 23 heavy (non-hydrogen) atoms. The quantitative estimate of drug-likeness (QED) is 0.845. The number of anilines is 2. The summed E-state index contributed by atoms with van der Waals surface area (Å²) in [7, 11) is 1.50. The normalized spacial score (nSPS) is 10.1. The van der Waals surface area contributed by atoms with Gasteiger partial charge in [0.25, 0.3) is 0 Å². The van der Waals surface area contributed by atoms with Gasteiger partial charge in [0.15, 0.2) is 0 Å². The number of carbonyl (C=O) groups is 2. The van der Waals surface area contributed by atoms with Crippen LogP contribution in [0.3, 0.4) is 0 Å². The lowest BCUT2D eigenvalue weighted by Crippen LogP contribution is -2.29. The molecule has 2 aromatic rings. The molecule has 0 spiro atoms. The summed E-state index contributed by atoms with van der Waals surface area (Å²) < 4.78 is 5.03. The van der Waals surface area contributed by atoms with Gasteiger partial charge in [-0.05, 0) is 55.3 Å². The molecular formula is C17H17ClN2O3. The van der Waals surface area contributed by atoms with Crippen LogP contribution in [0.4, 0.5) is 11.4 Å². The molecule has 2 aromatic carbocycles. The Kier molecular flexibility index (Phi) is 5.24. The zero-order valence-electron chi connectivity index (χ0n) is 13.1. The van der Waals surface area contributed by atoms with E-state index in [0.717, 1.165) is 11.1 Å². The minimum Gasteiger partial charge on any atom is -0.495 e. The van der Waals surface area contributed by atoms with Crippen molar-refractivity contribution < 1.29 is 14.3 Å². The van der Waals surface area contributed by atoms with Gasteiger partial charge in [0.2, 0.25) is 0 Å². The number of halogens is 1. The summed E-state index contributed by atoms with van der Waals surface area (Å²) in [5, 5.41) is 5.39. The highest BCUT2D eigenvalue weighted by Gasteiger charge is 2.15. The van der Waals surface area contributed by atoms with Crippen LogP contribution in [0.25, 0.3) is 0 Å². The number of rotatable bonds is 3. The van der Waals surface area contributed by atoms with Gasteiger partial charge in [0, 0.05) is 11.4 Å². The number of ether oxygens (including phenoxy) is 1. The van der Waals surface area contributed by atoms with Crippen molar-refractivity contribution >= 4 is 34.8 Å². The molecule has 6 heteroatoms. The van der Waals surface area contributed by atoms with Crippen molar-refractivity contribution in [3.05, 3.63) is 52.5 Å². The van der Waals surface area contributed by atoms with Crippen LogP contribution < -0.4 is 15.4 Å². The Hall–Kier alpha value is -2.53. The number of hydrogen-bond donors (Lipinski definition) is 2. The monoisotopic (exact) mass is 332 g/mol. The number of aryl methyl sites for hydroxylation is 2. The van der Waals surface area contributed by atoms with Crippen molar-refractivity contribution in [2.45, 2.75) is 13.8 Å². The second-order valence-corrected chi connectivity index (χ2v) is 5.46. The molecule has 2 amide bonds. The lowest BCUT2D eigenvalue weighted by Gasteiger charge is -2.09. The van der Waals surface area contributed by atoms with Crippen molar-refractivity contribution in [2.24, 2.45) is 0 Å². The average Bonchev–Trinajstić information content (AvgIpc) is 2.51. The van der Waals surface area contributed by atoms with Gasteiger partial charge in [-0.3, -0.25) is 9.59 Å². The van der Waals surface area contributed by atoms with Crippen molar-refractivity contribution in [1.29, 1.82) is 0 Å². The molecule has 0 heterocycles. The van der Waals surface area contributed by atoms with Crippen molar-refractivity contribution in [3.8, 4) is 5.75 Å². The minimum absolute atomic E-state index is 0.347. The van der Waals surface area contributed by atoms with Crippen LogP contribution in [0, 0.1) is 13.8 Å². The average molecular weight is 333 g/mol. The summed E-state index contributed by atoms with van der Waals surface area (Å²) in [4.78, 5) is 23.9. The molecule has 2 rings (SSSR count). The number of benzene rings is 2. The van der Waals surface area contributed by atoms with E-state index in [1.54, 1.807) is 18.2 Å². The first-order valence-corrected chi connectivity index (χ1v) is 7.31. The van der Waals surface area contributed by atoms with E-state index in [9.17, 15) is 9.59 Å². The van der Waals surface area contributed by atoms with Gasteiger partial charge in [-0.15, -0.1) is 0 Å². The van der Waals surface area contributed by atoms with E-state index in [4.69, 9.17) is 16.3 Å². The lowest BCUT2D eigenvalue weighted by atomic mass is 10.1. The van der Waals surface area contributed by atoms with Crippen molar-refractivity contribution in [3.63, 3.8) is 0 Å². The standard InChI is InChI=1S/C17H17ClN2O3/c1-10-4-5-12(8-11(10)2)19-16(21)17(22)20-13-6-7-15(23-3)14(18)9-13/h4-9H,1-3H3,(H,19,21)(H,20,22). The molecule has 0 bridgehead atoms. The van der Waals surface area contributed by atoms with Gasteiger partial charge in [0.1, 0.15) is 5.75 Å². The van der Waals surface area contributed by atoms with Crippen LogP contribution in [-0.2, 0) is 9.59 Å². The maximum Gasteiger partial charge on any atom is 0.314 e. The Labute approximate surface area is 139 Å². The fourth-order valence-electron chi connectivity index (χ4n) is 1.94. The molecule has 0 radical (unpaired) electrons. The predicted octanol–water partition coefficient (Wildman–Crippen LogP) is 3.54. The topological polar surface area (TPSA) is 67.4 Å². The molecule has 0 saturated heterocycles. The maximum absolute atomic E-state index is 11.9. The molecular weight excluding hydrogens is 316 g/mol. The van der Waals surface area contributed by atoms with E-state index < -0.39 is 11.8 Å². The number of methoxy groups -OCH3 is 1. The third-order valence-electron chi connectivity index (χ3n) is 3.38. The summed E-state index contributed by atoms with van der Waals surface area (Å²) in [5.41, 5.74) is 3.13. The van der Waals surface area contributed by atoms with Crippen molar-refractivity contribution in [2.75, 3.05) is 17.7 Å². The van der Waals surface area contributed by atoms with Crippen molar-refractivity contribution in [1.82, 2.24) is 0 Å². The van der Waals surface area contributed by atoms with Crippen LogP contribution in [-0.4, -0.2) is 18.9 Å². The highest BCUT2D eigenvalue weighted by atomic mass is 35.5. The van der Waals surface area contributed by atoms with Gasteiger partial charge in [-0.25, -0.2) is 0 Å². The number of hydrogen-bond acceptors (Lipinski definition) is 3. The van der Waals surface area contributed by atoms with Crippen LogP contribution in [0.2, 0.25) is 5.02 Å². The Morgan fingerprint density at radius 3 is 2.00 bits per heavy atom. The number of nitrogens with one attached hydrogen (secondary N) is 2. The van der Waals surface area contributed by atoms with Gasteiger partial charge in [-0.1, -0.05) is 17.7 Å². The second kappa shape index (κ2) is 7.15. The predicted molar refractivity (Wildman–Crippen MR) is 91.2 cm³/mol. The zero-order valence-corrected chi connectivity index (χ0v) is 13.8. The molecule has 0 atom stereocenters. The molecule has 0 aliphatic rings. The number of carbonyl (C=O) groups excluding carboxylic acids is 2. The van der Waals surface area contributed by atoms with Gasteiger partial charge in [0.05, 0.1) is 12.1 Å². The third kappa shape index (κ3) is 4.23. The fraction of sp³-hybridized carbons (Fsp3) is 0.176. The molecule has 0 unspecified atom stereocenters. The van der Waals surface area contributed by atoms with Gasteiger partial charge in [-0.2, -0.15) is 0 Å². The Morgan fingerprint density at radius 1 is 0.913 bits per heavy atom. The SMILES string of the molecule is COc1ccc(NC(=O)C(=O)Nc2ccc(C)c(C)c2)cc1Cl. The molecule has 0 saturated carbocycles. The summed E-state index contributed by atoms with van der Waals surface area (Å²) in [6, 6.07) is 10.2. The lowest BCUT2D eigenvalue weighted by molar-refractivity contribution is -0.132. The molecule has 0 aliphatic heterocycles. The highest BCUT2D eigenvalue weighted by molar-refractivity contribution is 6.43. The van der Waals surface area contributed by atoms with E-state index in [1.807, 2.05) is 26.0 Å². The largest absolute Gasteiger partial charge is 0.495 e. The smallest absolute Gasteiger partial charge is 0.314 e. The van der Waals surface area contributed by atoms with Crippen LogP contribution in [0.15, 0.2) is 36.4 Å². The zero-order chi connectivity index (χ0) is 17.0. The van der Waals surface area contributed by atoms with E-state index in [-0.39, 0.29) is 0 Å². The summed E-state index contributed by atoms with van der Waals surface area (Å²) in [6.45, 7) is 3.91. The maximum atomic E-state index is 11.9.